The smallest absolute Gasteiger partial charge is 0.277 e. The second-order valence-corrected chi connectivity index (χ2v) is 7.62. The van der Waals surface area contributed by atoms with Gasteiger partial charge in [-0.15, -0.1) is 0 Å². The lowest BCUT2D eigenvalue weighted by Crippen LogP contribution is -2.22. The van der Waals surface area contributed by atoms with Gasteiger partial charge in [0.15, 0.2) is 11.5 Å². The Morgan fingerprint density at radius 1 is 0.920 bits per heavy atom. The summed E-state index contributed by atoms with van der Waals surface area (Å²) in [5.41, 5.74) is 4.50. The van der Waals surface area contributed by atoms with E-state index in [0.29, 0.717) is 11.1 Å². The lowest BCUT2D eigenvalue weighted by Gasteiger charge is -2.18. The van der Waals surface area contributed by atoms with E-state index in [1.54, 1.807) is 13.8 Å². The third kappa shape index (κ3) is 3.46. The van der Waals surface area contributed by atoms with Crippen LogP contribution in [0.15, 0.2) is 28.2 Å². The van der Waals surface area contributed by atoms with Crippen molar-refractivity contribution in [3.63, 3.8) is 0 Å². The fourth-order valence-electron chi connectivity index (χ4n) is 2.73. The second kappa shape index (κ2) is 6.76. The maximum atomic E-state index is 12.7. The van der Waals surface area contributed by atoms with Gasteiger partial charge < -0.3 is 10.2 Å². The van der Waals surface area contributed by atoms with Crippen molar-refractivity contribution < 1.29 is 18.6 Å². The predicted molar refractivity (Wildman–Crippen MR) is 97.8 cm³/mol. The molecule has 0 aromatic heterocycles. The average Bonchev–Trinajstić information content (AvgIpc) is 2.55. The Labute approximate surface area is 147 Å². The fraction of sp³-hybridized carbons (Fsp3) is 0.278. The molecule has 0 fully saturated rings. The number of rotatable bonds is 4. The van der Waals surface area contributed by atoms with Crippen molar-refractivity contribution in [1.82, 2.24) is 4.83 Å². The van der Waals surface area contributed by atoms with Crippen LogP contribution in [0.4, 0.5) is 0 Å². The third-order valence-electron chi connectivity index (χ3n) is 4.62. The summed E-state index contributed by atoms with van der Waals surface area (Å²) in [6.45, 7) is 9.30. The summed E-state index contributed by atoms with van der Waals surface area (Å²) < 4.78 is 25.4. The summed E-state index contributed by atoms with van der Waals surface area (Å²) in [7, 11) is -3.87. The molecule has 7 heteroatoms. The highest BCUT2D eigenvalue weighted by atomic mass is 32.2. The number of phenolic OH excluding ortho intramolecular Hbond substituents is 2. The van der Waals surface area contributed by atoms with Crippen molar-refractivity contribution in [2.45, 2.75) is 39.5 Å². The van der Waals surface area contributed by atoms with Crippen molar-refractivity contribution in [1.29, 1.82) is 0 Å². The topological polar surface area (TPSA) is 99.0 Å². The van der Waals surface area contributed by atoms with Gasteiger partial charge >= 0.3 is 0 Å². The monoisotopic (exact) mass is 362 g/mol. The Morgan fingerprint density at radius 2 is 1.44 bits per heavy atom. The molecule has 0 unspecified atom stereocenters. The second-order valence-electron chi connectivity index (χ2n) is 6.02. The normalized spacial score (nSPS) is 11.9. The van der Waals surface area contributed by atoms with Gasteiger partial charge in [-0.25, -0.2) is 4.83 Å². The van der Waals surface area contributed by atoms with Gasteiger partial charge in [0.2, 0.25) is 0 Å². The van der Waals surface area contributed by atoms with Crippen molar-refractivity contribution in [2.24, 2.45) is 5.10 Å². The molecular weight excluding hydrogens is 340 g/mol. The molecule has 0 bridgehead atoms. The molecule has 2 rings (SSSR count). The van der Waals surface area contributed by atoms with Gasteiger partial charge in [0.05, 0.1) is 11.1 Å². The Bertz CT molecular complexity index is 935. The minimum Gasteiger partial charge on any atom is -0.504 e. The number of aromatic hydroxyl groups is 2. The minimum absolute atomic E-state index is 0.201. The van der Waals surface area contributed by atoms with Crippen LogP contribution < -0.4 is 4.83 Å². The molecule has 6 nitrogen and oxygen atoms in total. The number of nitrogens with one attached hydrogen (secondary N) is 1. The van der Waals surface area contributed by atoms with Crippen LogP contribution in [-0.4, -0.2) is 24.8 Å². The summed E-state index contributed by atoms with van der Waals surface area (Å²) in [6, 6.07) is 4.34. The Balaban J connectivity index is 2.41. The summed E-state index contributed by atoms with van der Waals surface area (Å²) in [5, 5.41) is 22.9. The van der Waals surface area contributed by atoms with Crippen LogP contribution in [0, 0.1) is 34.6 Å². The first-order valence-corrected chi connectivity index (χ1v) is 9.19. The molecule has 0 spiro atoms. The molecule has 0 amide bonds. The Morgan fingerprint density at radius 3 is 2.00 bits per heavy atom. The van der Waals surface area contributed by atoms with Gasteiger partial charge in [-0.2, -0.15) is 13.5 Å². The lowest BCUT2D eigenvalue weighted by atomic mass is 9.95. The zero-order valence-electron chi connectivity index (χ0n) is 14.9. The van der Waals surface area contributed by atoms with Crippen molar-refractivity contribution >= 4 is 16.2 Å². The first-order chi connectivity index (χ1) is 11.6. The molecule has 0 aliphatic carbocycles. The van der Waals surface area contributed by atoms with E-state index in [9.17, 15) is 18.6 Å². The molecule has 0 aliphatic rings. The number of nitrogens with zero attached hydrogens (tertiary/aromatic N) is 1. The number of para-hydroxylation sites is 1. The van der Waals surface area contributed by atoms with Gasteiger partial charge in [0.1, 0.15) is 0 Å². The van der Waals surface area contributed by atoms with E-state index in [4.69, 9.17) is 0 Å². The summed E-state index contributed by atoms with van der Waals surface area (Å²) in [4.78, 5) is 2.39. The zero-order chi connectivity index (χ0) is 18.9. The zero-order valence-corrected chi connectivity index (χ0v) is 15.7. The largest absolute Gasteiger partial charge is 0.504 e. The molecule has 0 saturated heterocycles. The molecule has 0 saturated carbocycles. The van der Waals surface area contributed by atoms with E-state index >= 15 is 0 Å². The lowest BCUT2D eigenvalue weighted by molar-refractivity contribution is 0.403. The van der Waals surface area contributed by atoms with Crippen LogP contribution >= 0.6 is 0 Å². The highest BCUT2D eigenvalue weighted by molar-refractivity contribution is 7.89. The van der Waals surface area contributed by atoms with Gasteiger partial charge in [0, 0.05) is 5.56 Å². The van der Waals surface area contributed by atoms with Crippen LogP contribution in [0.2, 0.25) is 0 Å². The van der Waals surface area contributed by atoms with Crippen LogP contribution in [-0.2, 0) is 10.0 Å². The first kappa shape index (κ1) is 18.8. The van der Waals surface area contributed by atoms with E-state index < -0.39 is 10.0 Å². The molecule has 0 radical (unpaired) electrons. The summed E-state index contributed by atoms with van der Waals surface area (Å²) in [6.07, 6.45) is 1.14. The maximum Gasteiger partial charge on any atom is 0.277 e. The van der Waals surface area contributed by atoms with Crippen LogP contribution in [0.1, 0.15) is 33.4 Å². The van der Waals surface area contributed by atoms with Crippen molar-refractivity contribution in [2.75, 3.05) is 0 Å². The molecule has 25 heavy (non-hydrogen) atoms. The van der Waals surface area contributed by atoms with E-state index in [2.05, 4.69) is 9.93 Å². The van der Waals surface area contributed by atoms with Gasteiger partial charge in [0.25, 0.3) is 10.0 Å². The van der Waals surface area contributed by atoms with Crippen molar-refractivity contribution in [3.05, 3.63) is 51.6 Å². The number of benzene rings is 2. The number of hydrazone groups is 1. The molecule has 2 aromatic carbocycles. The number of phenols is 2. The van der Waals surface area contributed by atoms with E-state index in [-0.39, 0.29) is 22.0 Å². The molecule has 3 N–H and O–H groups in total. The van der Waals surface area contributed by atoms with E-state index in [0.717, 1.165) is 22.9 Å². The molecular formula is C18H22N2O4S. The van der Waals surface area contributed by atoms with Gasteiger partial charge in [-0.05, 0) is 74.6 Å². The fourth-order valence-corrected chi connectivity index (χ4v) is 4.13. The number of hydrogen-bond acceptors (Lipinski definition) is 5. The Kier molecular flexibility index (Phi) is 5.08. The van der Waals surface area contributed by atoms with E-state index in [1.165, 1.54) is 18.2 Å². The number of hydrogen-bond donors (Lipinski definition) is 3. The standard InChI is InChI=1S/C18H22N2O4S/c1-10-11(2)13(4)18(14(5)12(10)3)25(23,24)20-19-9-15-7-6-8-16(21)17(15)22/h6-9,20-22H,1-5H3. The van der Waals surface area contributed by atoms with Crippen molar-refractivity contribution in [3.8, 4) is 11.5 Å². The number of sulfonamides is 1. The van der Waals surface area contributed by atoms with Crippen LogP contribution in [0.3, 0.4) is 0 Å². The van der Waals surface area contributed by atoms with Crippen LogP contribution in [0.25, 0.3) is 0 Å². The molecule has 0 heterocycles. The summed E-state index contributed by atoms with van der Waals surface area (Å²) >= 11 is 0. The van der Waals surface area contributed by atoms with Gasteiger partial charge in [-0.3, -0.25) is 0 Å². The average molecular weight is 362 g/mol. The molecule has 0 aliphatic heterocycles. The van der Waals surface area contributed by atoms with E-state index in [1.807, 2.05) is 20.8 Å². The quantitative estimate of drug-likeness (QED) is 0.442. The highest BCUT2D eigenvalue weighted by Crippen LogP contribution is 2.29. The first-order valence-electron chi connectivity index (χ1n) is 7.70. The SMILES string of the molecule is Cc1c(C)c(C)c(S(=O)(=O)NN=Cc2cccc(O)c2O)c(C)c1C. The van der Waals surface area contributed by atoms with Gasteiger partial charge in [-0.1, -0.05) is 6.07 Å². The molecule has 134 valence electrons. The summed E-state index contributed by atoms with van der Waals surface area (Å²) in [5.74, 6) is -0.664. The molecule has 0 atom stereocenters. The molecule has 2 aromatic rings. The minimum atomic E-state index is -3.87. The maximum absolute atomic E-state index is 12.7. The third-order valence-corrected chi connectivity index (χ3v) is 6.12. The highest BCUT2D eigenvalue weighted by Gasteiger charge is 2.23. The Hall–Kier alpha value is -2.54. The van der Waals surface area contributed by atoms with Crippen LogP contribution in [0.5, 0.6) is 11.5 Å². The predicted octanol–water partition coefficient (Wildman–Crippen LogP) is 2.95.